The first-order valence-electron chi connectivity index (χ1n) is 6.46. The monoisotopic (exact) mass is 432 g/mol. The van der Waals surface area contributed by atoms with Crippen LogP contribution in [0.5, 0.6) is 0 Å². The van der Waals surface area contributed by atoms with Gasteiger partial charge in [-0.05, 0) is 52.3 Å². The molecule has 8 nitrogen and oxygen atoms in total. The molecule has 26 heavy (non-hydrogen) atoms. The minimum Gasteiger partial charge on any atom is -0.211 e. The van der Waals surface area contributed by atoms with Gasteiger partial charge in [0.25, 0.3) is 0 Å². The zero-order valence-corrected chi connectivity index (χ0v) is 15.0. The largest absolute Gasteiger partial charge is 0.240 e. The fraction of sp³-hybridized carbons (Fsp3) is 0. The number of nitrogens with zero attached hydrogens (tertiary/aromatic N) is 4. The fourth-order valence-electron chi connectivity index (χ4n) is 1.52. The van der Waals surface area contributed by atoms with Crippen molar-refractivity contribution >= 4 is 74.6 Å². The molecule has 0 N–H and O–H groups in total. The van der Waals surface area contributed by atoms with Crippen molar-refractivity contribution in [1.82, 2.24) is 0 Å². The summed E-state index contributed by atoms with van der Waals surface area (Å²) < 4.78 is 0.640. The summed E-state index contributed by atoms with van der Waals surface area (Å²) in [7, 11) is 0. The minimum absolute atomic E-state index is 0.230. The lowest BCUT2D eigenvalue weighted by Gasteiger charge is -1.95. The lowest BCUT2D eigenvalue weighted by molar-refractivity contribution is 0.564. The fourth-order valence-corrected chi connectivity index (χ4v) is 2.01. The molecule has 0 saturated heterocycles. The first-order chi connectivity index (χ1) is 12.5. The normalized spacial score (nSPS) is 8.38. The SMILES string of the molecule is O=C=Nc1ccc(Br)c(N=C=O)c1.O=C=Nc1ccc(Cl)c(N=C=O)c1. The van der Waals surface area contributed by atoms with Crippen molar-refractivity contribution in [2.45, 2.75) is 0 Å². The van der Waals surface area contributed by atoms with Crippen LogP contribution in [-0.2, 0) is 19.2 Å². The lowest BCUT2D eigenvalue weighted by Crippen LogP contribution is -1.69. The third kappa shape index (κ3) is 6.69. The van der Waals surface area contributed by atoms with Crippen molar-refractivity contribution in [1.29, 1.82) is 0 Å². The number of hydrogen-bond acceptors (Lipinski definition) is 8. The highest BCUT2D eigenvalue weighted by Crippen LogP contribution is 2.29. The van der Waals surface area contributed by atoms with Crippen molar-refractivity contribution in [3.63, 3.8) is 0 Å². The smallest absolute Gasteiger partial charge is 0.211 e. The van der Waals surface area contributed by atoms with Crippen LogP contribution in [0.25, 0.3) is 0 Å². The third-order valence-electron chi connectivity index (χ3n) is 2.54. The summed E-state index contributed by atoms with van der Waals surface area (Å²) in [6.45, 7) is 0. The maximum Gasteiger partial charge on any atom is 0.240 e. The number of halogens is 2. The van der Waals surface area contributed by atoms with E-state index in [0.717, 1.165) is 0 Å². The molecular formula is C16H6BrClN4O4. The molecule has 0 aromatic heterocycles. The second-order valence-corrected chi connectivity index (χ2v) is 5.35. The van der Waals surface area contributed by atoms with Gasteiger partial charge in [0, 0.05) is 4.47 Å². The molecule has 0 aliphatic rings. The van der Waals surface area contributed by atoms with E-state index in [9.17, 15) is 19.2 Å². The van der Waals surface area contributed by atoms with Crippen molar-refractivity contribution in [3.05, 3.63) is 45.9 Å². The van der Waals surface area contributed by atoms with Crippen molar-refractivity contribution in [3.8, 4) is 0 Å². The summed E-state index contributed by atoms with van der Waals surface area (Å²) in [4.78, 5) is 53.2. The number of isocyanates is 4. The van der Waals surface area contributed by atoms with Crippen LogP contribution in [0.15, 0.2) is 60.8 Å². The Bertz CT molecular complexity index is 920. The highest BCUT2D eigenvalue weighted by molar-refractivity contribution is 9.10. The van der Waals surface area contributed by atoms with Gasteiger partial charge in [0.1, 0.15) is 0 Å². The molecule has 0 amide bonds. The predicted octanol–water partition coefficient (Wildman–Crippen LogP) is 4.66. The van der Waals surface area contributed by atoms with Gasteiger partial charge >= 0.3 is 0 Å². The Morgan fingerprint density at radius 3 is 1.69 bits per heavy atom. The molecule has 2 rings (SSSR count). The molecule has 0 saturated carbocycles. The standard InChI is InChI=1S/C8H3BrN2O2.C8H3ClN2O2/c2*9-7-2-1-6(10-4-12)3-8(7)11-5-13/h2*1-3H. The van der Waals surface area contributed by atoms with Crippen LogP contribution < -0.4 is 0 Å². The average Bonchev–Trinajstić information content (AvgIpc) is 2.62. The van der Waals surface area contributed by atoms with Gasteiger partial charge in [0.2, 0.25) is 24.3 Å². The number of carbonyl (C=O) groups excluding carboxylic acids is 4. The minimum atomic E-state index is 0.230. The van der Waals surface area contributed by atoms with E-state index in [1.54, 1.807) is 12.1 Å². The molecule has 2 aromatic carbocycles. The van der Waals surface area contributed by atoms with Crippen LogP contribution in [0.1, 0.15) is 0 Å². The van der Waals surface area contributed by atoms with Crippen LogP contribution in [-0.4, -0.2) is 24.3 Å². The Morgan fingerprint density at radius 2 is 1.15 bits per heavy atom. The first kappa shape index (κ1) is 20.8. The average molecular weight is 434 g/mol. The van der Waals surface area contributed by atoms with Crippen molar-refractivity contribution in [2.24, 2.45) is 20.0 Å². The molecule has 0 radical (unpaired) electrons. The second-order valence-electron chi connectivity index (χ2n) is 4.08. The molecule has 0 aliphatic heterocycles. The van der Waals surface area contributed by atoms with E-state index in [1.807, 2.05) is 0 Å². The zero-order chi connectivity index (χ0) is 19.4. The molecule has 0 spiro atoms. The van der Waals surface area contributed by atoms with Gasteiger partial charge in [0.15, 0.2) is 0 Å². The molecule has 10 heteroatoms. The van der Waals surface area contributed by atoms with Gasteiger partial charge in [-0.3, -0.25) is 0 Å². The molecule has 0 unspecified atom stereocenters. The third-order valence-corrected chi connectivity index (χ3v) is 3.53. The highest BCUT2D eigenvalue weighted by atomic mass is 79.9. The summed E-state index contributed by atoms with van der Waals surface area (Å²) in [6, 6.07) is 9.08. The quantitative estimate of drug-likeness (QED) is 0.514. The Kier molecular flexibility index (Phi) is 9.04. The summed E-state index contributed by atoms with van der Waals surface area (Å²) in [5, 5.41) is 0.299. The number of aliphatic imine (C=N–C) groups is 4. The van der Waals surface area contributed by atoms with E-state index >= 15 is 0 Å². The Morgan fingerprint density at radius 1 is 0.692 bits per heavy atom. The van der Waals surface area contributed by atoms with Crippen LogP contribution in [0, 0.1) is 0 Å². The topological polar surface area (TPSA) is 118 Å². The summed E-state index contributed by atoms with van der Waals surface area (Å²) >= 11 is 8.83. The maximum absolute atomic E-state index is 9.98. The molecule has 0 bridgehead atoms. The predicted molar refractivity (Wildman–Crippen MR) is 96.7 cm³/mol. The number of benzene rings is 2. The maximum atomic E-state index is 9.98. The Hall–Kier alpha value is -3.27. The zero-order valence-electron chi connectivity index (χ0n) is 12.6. The van der Waals surface area contributed by atoms with E-state index in [4.69, 9.17) is 11.6 Å². The highest BCUT2D eigenvalue weighted by Gasteiger charge is 2.00. The van der Waals surface area contributed by atoms with Gasteiger partial charge in [-0.15, -0.1) is 0 Å². The van der Waals surface area contributed by atoms with Gasteiger partial charge in [-0.1, -0.05) is 11.6 Å². The van der Waals surface area contributed by atoms with Crippen LogP contribution in [0.2, 0.25) is 5.02 Å². The van der Waals surface area contributed by atoms with Crippen molar-refractivity contribution < 1.29 is 19.2 Å². The Balaban J connectivity index is 0.000000260. The van der Waals surface area contributed by atoms with E-state index < -0.39 is 0 Å². The summed E-state index contributed by atoms with van der Waals surface area (Å²) in [5.41, 5.74) is 1.35. The molecule has 0 aliphatic carbocycles. The van der Waals surface area contributed by atoms with Crippen molar-refractivity contribution in [2.75, 3.05) is 0 Å². The molecule has 0 heterocycles. The Labute approximate surface area is 159 Å². The van der Waals surface area contributed by atoms with E-state index in [2.05, 4.69) is 35.9 Å². The van der Waals surface area contributed by atoms with Gasteiger partial charge in [-0.2, -0.15) is 20.0 Å². The van der Waals surface area contributed by atoms with E-state index in [-0.39, 0.29) is 5.69 Å². The molecule has 128 valence electrons. The van der Waals surface area contributed by atoms with Crippen LogP contribution in [0.3, 0.4) is 0 Å². The number of rotatable bonds is 4. The van der Waals surface area contributed by atoms with Gasteiger partial charge in [-0.25, -0.2) is 19.2 Å². The summed E-state index contributed by atoms with van der Waals surface area (Å²) in [5.74, 6) is 0. The molecule has 2 aromatic rings. The van der Waals surface area contributed by atoms with E-state index in [1.165, 1.54) is 48.6 Å². The van der Waals surface area contributed by atoms with Crippen LogP contribution in [0.4, 0.5) is 22.7 Å². The molecule has 0 fully saturated rings. The summed E-state index contributed by atoms with van der Waals surface area (Å²) in [6.07, 6.45) is 5.50. The molecular weight excluding hydrogens is 428 g/mol. The molecule has 0 atom stereocenters. The van der Waals surface area contributed by atoms with Gasteiger partial charge < -0.3 is 0 Å². The number of hydrogen-bond donors (Lipinski definition) is 0. The van der Waals surface area contributed by atoms with Gasteiger partial charge in [0.05, 0.1) is 27.8 Å². The second kappa shape index (κ2) is 11.3. The lowest BCUT2D eigenvalue weighted by atomic mass is 10.3. The van der Waals surface area contributed by atoms with Crippen LogP contribution >= 0.6 is 27.5 Å². The first-order valence-corrected chi connectivity index (χ1v) is 7.63. The van der Waals surface area contributed by atoms with E-state index in [0.29, 0.717) is 26.6 Å².